The van der Waals surface area contributed by atoms with Crippen LogP contribution in [0.25, 0.3) is 5.70 Å². The van der Waals surface area contributed by atoms with E-state index in [9.17, 15) is 10.4 Å². The fourth-order valence-electron chi connectivity index (χ4n) is 3.43. The highest BCUT2D eigenvalue weighted by Crippen LogP contribution is 2.30. The number of fused-ring (bicyclic) bond motifs is 1. The van der Waals surface area contributed by atoms with Crippen molar-refractivity contribution in [1.29, 1.82) is 5.26 Å². The Kier molecular flexibility index (Phi) is 6.19. The van der Waals surface area contributed by atoms with E-state index in [1.54, 1.807) is 0 Å². The molecule has 2 aliphatic heterocycles. The lowest BCUT2D eigenvalue weighted by molar-refractivity contribution is 0.117. The molecule has 2 aliphatic rings. The van der Waals surface area contributed by atoms with Crippen LogP contribution in [0.15, 0.2) is 29.2 Å². The monoisotopic (exact) mass is 343 g/mol. The van der Waals surface area contributed by atoms with Gasteiger partial charge in [0.05, 0.1) is 11.8 Å². The molecule has 4 nitrogen and oxygen atoms in total. The first-order valence-electron chi connectivity index (χ1n) is 8.77. The summed E-state index contributed by atoms with van der Waals surface area (Å²) in [6, 6.07) is 10.6. The summed E-state index contributed by atoms with van der Waals surface area (Å²) in [5.74, 6) is 0.562. The molecule has 0 aromatic heterocycles. The fraction of sp³-hybridized carbons (Fsp3) is 0.526. The number of nitrogens with one attached hydrogen (secondary N) is 1. The van der Waals surface area contributed by atoms with E-state index in [1.807, 2.05) is 12.1 Å². The van der Waals surface area contributed by atoms with Crippen LogP contribution >= 0.6 is 11.8 Å². The highest BCUT2D eigenvalue weighted by Gasteiger charge is 2.19. The number of aliphatic hydroxyl groups excluding tert-OH is 1. The van der Waals surface area contributed by atoms with Gasteiger partial charge in [0.1, 0.15) is 11.0 Å². The largest absolute Gasteiger partial charge is 0.391 e. The first kappa shape index (κ1) is 17.3. The van der Waals surface area contributed by atoms with Crippen LogP contribution in [0.5, 0.6) is 0 Å². The molecule has 0 radical (unpaired) electrons. The van der Waals surface area contributed by atoms with Crippen molar-refractivity contribution in [3.05, 3.63) is 40.3 Å². The molecule has 0 spiro atoms. The van der Waals surface area contributed by atoms with Crippen molar-refractivity contribution in [2.75, 3.05) is 31.9 Å². The molecule has 0 saturated carbocycles. The van der Waals surface area contributed by atoms with E-state index in [4.69, 9.17) is 0 Å². The molecule has 3 rings (SSSR count). The highest BCUT2D eigenvalue weighted by molar-refractivity contribution is 8.03. The normalized spacial score (nSPS) is 21.3. The molecule has 1 saturated heterocycles. The van der Waals surface area contributed by atoms with Crippen LogP contribution in [-0.2, 0) is 6.42 Å². The molecule has 2 heterocycles. The van der Waals surface area contributed by atoms with Gasteiger partial charge in [-0.05, 0) is 37.9 Å². The van der Waals surface area contributed by atoms with Crippen LogP contribution in [0, 0.1) is 11.3 Å². The van der Waals surface area contributed by atoms with E-state index in [2.05, 4.69) is 28.4 Å². The average Bonchev–Trinajstić information content (AvgIpc) is 2.63. The summed E-state index contributed by atoms with van der Waals surface area (Å²) in [4.78, 5) is 3.02. The van der Waals surface area contributed by atoms with Gasteiger partial charge in [-0.15, -0.1) is 11.8 Å². The summed E-state index contributed by atoms with van der Waals surface area (Å²) in [7, 11) is 0. The van der Waals surface area contributed by atoms with Gasteiger partial charge < -0.3 is 15.3 Å². The summed E-state index contributed by atoms with van der Waals surface area (Å²) in [6.45, 7) is 3.74. The molecule has 0 aliphatic carbocycles. The van der Waals surface area contributed by atoms with Crippen LogP contribution in [0.1, 0.15) is 30.4 Å². The number of nitrogens with zero attached hydrogens (tertiary/aromatic N) is 2. The van der Waals surface area contributed by atoms with E-state index in [0.29, 0.717) is 17.2 Å². The molecular formula is C19H25N3OS. The third-order valence-corrected chi connectivity index (χ3v) is 5.78. The second-order valence-corrected chi connectivity index (χ2v) is 7.51. The third-order valence-electron chi connectivity index (χ3n) is 4.65. The SMILES string of the molecule is N#CC(SCC(O)CN1CCCCC1)=C1NCCc2ccccc21. The number of hydrogen-bond donors (Lipinski definition) is 2. The standard InChI is InChI=1S/C19H25N3OS/c20-12-18(19-17-7-3-2-6-15(17)8-9-21-19)24-14-16(23)13-22-10-4-1-5-11-22/h2-3,6-7,16,21,23H,1,4-5,8-11,13-14H2. The van der Waals surface area contributed by atoms with Crippen LogP contribution < -0.4 is 5.32 Å². The number of thioether (sulfide) groups is 1. The second kappa shape index (κ2) is 8.57. The predicted octanol–water partition coefficient (Wildman–Crippen LogP) is 2.60. The van der Waals surface area contributed by atoms with Crippen LogP contribution in [0.2, 0.25) is 0 Å². The van der Waals surface area contributed by atoms with E-state index in [0.717, 1.165) is 37.3 Å². The van der Waals surface area contributed by atoms with Crippen molar-refractivity contribution < 1.29 is 5.11 Å². The molecule has 1 aromatic rings. The molecule has 0 amide bonds. The van der Waals surface area contributed by atoms with E-state index < -0.39 is 6.10 Å². The van der Waals surface area contributed by atoms with Crippen molar-refractivity contribution in [2.45, 2.75) is 31.8 Å². The molecule has 1 atom stereocenters. The van der Waals surface area contributed by atoms with Gasteiger partial charge in [0.15, 0.2) is 0 Å². The number of allylic oxidation sites excluding steroid dienone is 1. The van der Waals surface area contributed by atoms with Gasteiger partial charge in [-0.1, -0.05) is 30.7 Å². The Balaban J connectivity index is 1.63. The number of aliphatic hydroxyl groups is 1. The predicted molar refractivity (Wildman–Crippen MR) is 99.4 cm³/mol. The summed E-state index contributed by atoms with van der Waals surface area (Å²) in [5, 5.41) is 23.3. The molecule has 1 fully saturated rings. The van der Waals surface area contributed by atoms with Gasteiger partial charge in [-0.25, -0.2) is 0 Å². The van der Waals surface area contributed by atoms with Gasteiger partial charge in [0.2, 0.25) is 0 Å². The number of hydrogen-bond acceptors (Lipinski definition) is 5. The Hall–Kier alpha value is -1.48. The topological polar surface area (TPSA) is 59.3 Å². The third kappa shape index (κ3) is 4.32. The lowest BCUT2D eigenvalue weighted by Gasteiger charge is -2.28. The van der Waals surface area contributed by atoms with Crippen molar-refractivity contribution in [1.82, 2.24) is 10.2 Å². The quantitative estimate of drug-likeness (QED) is 0.805. The van der Waals surface area contributed by atoms with Gasteiger partial charge in [0.25, 0.3) is 0 Å². The first-order chi connectivity index (χ1) is 11.8. The van der Waals surface area contributed by atoms with E-state index >= 15 is 0 Å². The molecule has 1 unspecified atom stereocenters. The number of benzene rings is 1. The zero-order chi connectivity index (χ0) is 16.8. The Morgan fingerprint density at radius 3 is 2.88 bits per heavy atom. The Labute approximate surface area is 148 Å². The van der Waals surface area contributed by atoms with E-state index in [1.165, 1.54) is 36.6 Å². The summed E-state index contributed by atoms with van der Waals surface area (Å²) in [5.41, 5.74) is 3.33. The maximum atomic E-state index is 10.3. The van der Waals surface area contributed by atoms with Crippen LogP contribution in [-0.4, -0.2) is 48.0 Å². The minimum Gasteiger partial charge on any atom is -0.391 e. The molecule has 5 heteroatoms. The van der Waals surface area contributed by atoms with Crippen molar-refractivity contribution in [2.24, 2.45) is 0 Å². The molecule has 128 valence electrons. The molecule has 2 N–H and O–H groups in total. The maximum Gasteiger partial charge on any atom is 0.109 e. The lowest BCUT2D eigenvalue weighted by atomic mass is 9.98. The zero-order valence-electron chi connectivity index (χ0n) is 14.0. The van der Waals surface area contributed by atoms with Crippen molar-refractivity contribution in [3.8, 4) is 6.07 Å². The number of likely N-dealkylation sites (tertiary alicyclic amines) is 1. The Morgan fingerprint density at radius 2 is 2.08 bits per heavy atom. The fourth-order valence-corrected chi connectivity index (χ4v) is 4.29. The highest BCUT2D eigenvalue weighted by atomic mass is 32.2. The van der Waals surface area contributed by atoms with E-state index in [-0.39, 0.29) is 0 Å². The average molecular weight is 343 g/mol. The number of rotatable bonds is 5. The van der Waals surface area contributed by atoms with Gasteiger partial charge >= 0.3 is 0 Å². The summed E-state index contributed by atoms with van der Waals surface area (Å²) in [6.07, 6.45) is 4.36. The number of piperidine rings is 1. The van der Waals surface area contributed by atoms with Gasteiger partial charge in [-0.2, -0.15) is 5.26 Å². The zero-order valence-corrected chi connectivity index (χ0v) is 14.8. The Morgan fingerprint density at radius 1 is 1.29 bits per heavy atom. The first-order valence-corrected chi connectivity index (χ1v) is 9.76. The van der Waals surface area contributed by atoms with Gasteiger partial charge in [-0.3, -0.25) is 0 Å². The summed E-state index contributed by atoms with van der Waals surface area (Å²) >= 11 is 1.47. The minimum absolute atomic E-state index is 0.393. The van der Waals surface area contributed by atoms with Crippen LogP contribution in [0.4, 0.5) is 0 Å². The van der Waals surface area contributed by atoms with Gasteiger partial charge in [0, 0.05) is 24.4 Å². The maximum absolute atomic E-state index is 10.3. The number of β-amino-alcohol motifs (C(OH)–C–C–N with tert-alkyl or cyclic N) is 1. The minimum atomic E-state index is -0.393. The van der Waals surface area contributed by atoms with Crippen molar-refractivity contribution in [3.63, 3.8) is 0 Å². The lowest BCUT2D eigenvalue weighted by Crippen LogP contribution is -2.37. The smallest absolute Gasteiger partial charge is 0.109 e. The Bertz CT molecular complexity index is 632. The molecule has 24 heavy (non-hydrogen) atoms. The second-order valence-electron chi connectivity index (χ2n) is 6.48. The van der Waals surface area contributed by atoms with Crippen molar-refractivity contribution >= 4 is 17.5 Å². The molecule has 1 aromatic carbocycles. The number of nitriles is 1. The molecular weight excluding hydrogens is 318 g/mol. The molecule has 0 bridgehead atoms. The van der Waals surface area contributed by atoms with Crippen LogP contribution in [0.3, 0.4) is 0 Å². The summed E-state index contributed by atoms with van der Waals surface area (Å²) < 4.78 is 0.